The van der Waals surface area contributed by atoms with Crippen LogP contribution in [0.4, 0.5) is 0 Å². The third-order valence-electron chi connectivity index (χ3n) is 1.78. The Labute approximate surface area is 56.5 Å². The maximum atomic E-state index is 9.07. The van der Waals surface area contributed by atoms with Crippen molar-refractivity contribution in [2.75, 3.05) is 6.61 Å². The maximum absolute atomic E-state index is 9.07. The van der Waals surface area contributed by atoms with Gasteiger partial charge in [0, 0.05) is 0 Å². The van der Waals surface area contributed by atoms with Crippen molar-refractivity contribution >= 4 is 0 Å². The van der Waals surface area contributed by atoms with Crippen LogP contribution in [0.5, 0.6) is 0 Å². The molecule has 2 heteroatoms. The van der Waals surface area contributed by atoms with Gasteiger partial charge in [0.25, 0.3) is 0 Å². The molecule has 0 aliphatic carbocycles. The van der Waals surface area contributed by atoms with Gasteiger partial charge in [0.05, 0.1) is 12.7 Å². The molecule has 0 bridgehead atoms. The van der Waals surface area contributed by atoms with Crippen LogP contribution in [0.3, 0.4) is 0 Å². The second kappa shape index (κ2) is 4.77. The first-order valence-corrected chi connectivity index (χ1v) is 3.55. The summed E-state index contributed by atoms with van der Waals surface area (Å²) < 4.78 is 0. The molecule has 0 radical (unpaired) electrons. The van der Waals surface area contributed by atoms with E-state index in [9.17, 15) is 0 Å². The lowest BCUT2D eigenvalue weighted by molar-refractivity contribution is 0.0440. The lowest BCUT2D eigenvalue weighted by Crippen LogP contribution is -2.22. The Morgan fingerprint density at radius 2 is 1.67 bits per heavy atom. The molecule has 0 spiro atoms. The number of hydrogen-bond acceptors (Lipinski definition) is 2. The van der Waals surface area contributed by atoms with Crippen LogP contribution in [0.1, 0.15) is 26.7 Å². The van der Waals surface area contributed by atoms with E-state index in [1.165, 1.54) is 0 Å². The van der Waals surface area contributed by atoms with Gasteiger partial charge in [-0.3, -0.25) is 0 Å². The van der Waals surface area contributed by atoms with E-state index in [-0.39, 0.29) is 12.5 Å². The predicted octanol–water partition coefficient (Wildman–Crippen LogP) is 0.776. The average Bonchev–Trinajstić information content (AvgIpc) is 1.90. The fraction of sp³-hybridized carbons (Fsp3) is 1.00. The Balaban J connectivity index is 3.50. The molecule has 0 amide bonds. The van der Waals surface area contributed by atoms with Crippen LogP contribution in [-0.2, 0) is 0 Å². The van der Waals surface area contributed by atoms with Gasteiger partial charge in [0.2, 0.25) is 0 Å². The molecule has 0 aromatic heterocycles. The van der Waals surface area contributed by atoms with E-state index < -0.39 is 6.10 Å². The highest BCUT2D eigenvalue weighted by Gasteiger charge is 2.12. The summed E-state index contributed by atoms with van der Waals surface area (Å²) in [6.07, 6.45) is 1.37. The fourth-order valence-electron chi connectivity index (χ4n) is 0.982. The minimum atomic E-state index is -0.514. The molecule has 56 valence electrons. The van der Waals surface area contributed by atoms with Gasteiger partial charge in [-0.1, -0.05) is 26.7 Å². The molecule has 0 heterocycles. The third-order valence-corrected chi connectivity index (χ3v) is 1.78. The van der Waals surface area contributed by atoms with Crippen LogP contribution in [-0.4, -0.2) is 22.9 Å². The standard InChI is InChI=1S/C7H16O2/c1-3-6(4-2)7(9)5-8/h6-9H,3-5H2,1-2H3/t7-/m0/s1. The Hall–Kier alpha value is -0.0800. The Bertz CT molecular complexity index is 59.9. The van der Waals surface area contributed by atoms with Crippen LogP contribution >= 0.6 is 0 Å². The highest BCUT2D eigenvalue weighted by Crippen LogP contribution is 2.11. The van der Waals surface area contributed by atoms with Gasteiger partial charge in [0.15, 0.2) is 0 Å². The average molecular weight is 132 g/mol. The summed E-state index contributed by atoms with van der Waals surface area (Å²) >= 11 is 0. The number of hydrogen-bond donors (Lipinski definition) is 2. The summed E-state index contributed by atoms with van der Waals surface area (Å²) in [4.78, 5) is 0. The molecular formula is C7H16O2. The third kappa shape index (κ3) is 2.82. The molecule has 0 aliphatic rings. The smallest absolute Gasteiger partial charge is 0.0798 e. The Morgan fingerprint density at radius 1 is 1.22 bits per heavy atom. The van der Waals surface area contributed by atoms with Crippen molar-refractivity contribution in [3.63, 3.8) is 0 Å². The number of rotatable bonds is 4. The zero-order chi connectivity index (χ0) is 7.28. The SMILES string of the molecule is CCC(CC)[C@@H](O)CO. The first-order chi connectivity index (χ1) is 4.26. The van der Waals surface area contributed by atoms with Gasteiger partial charge in [-0.25, -0.2) is 0 Å². The minimum Gasteiger partial charge on any atom is -0.394 e. The van der Waals surface area contributed by atoms with Crippen molar-refractivity contribution < 1.29 is 10.2 Å². The fourth-order valence-corrected chi connectivity index (χ4v) is 0.982. The zero-order valence-corrected chi connectivity index (χ0v) is 6.17. The van der Waals surface area contributed by atoms with Gasteiger partial charge < -0.3 is 10.2 Å². The molecular weight excluding hydrogens is 116 g/mol. The van der Waals surface area contributed by atoms with Crippen molar-refractivity contribution in [1.82, 2.24) is 0 Å². The topological polar surface area (TPSA) is 40.5 Å². The van der Waals surface area contributed by atoms with Gasteiger partial charge in [0.1, 0.15) is 0 Å². The molecule has 1 atom stereocenters. The zero-order valence-electron chi connectivity index (χ0n) is 6.17. The number of aliphatic hydroxyl groups is 2. The van der Waals surface area contributed by atoms with Crippen molar-refractivity contribution in [2.24, 2.45) is 5.92 Å². The molecule has 0 rings (SSSR count). The first-order valence-electron chi connectivity index (χ1n) is 3.55. The van der Waals surface area contributed by atoms with E-state index in [1.807, 2.05) is 13.8 Å². The van der Waals surface area contributed by atoms with Crippen LogP contribution < -0.4 is 0 Å². The van der Waals surface area contributed by atoms with Crippen molar-refractivity contribution in [3.05, 3.63) is 0 Å². The second-order valence-electron chi connectivity index (χ2n) is 2.33. The number of aliphatic hydroxyl groups excluding tert-OH is 2. The van der Waals surface area contributed by atoms with E-state index in [4.69, 9.17) is 10.2 Å². The van der Waals surface area contributed by atoms with Crippen LogP contribution in [0, 0.1) is 5.92 Å². The normalized spacial score (nSPS) is 14.3. The lowest BCUT2D eigenvalue weighted by Gasteiger charge is -2.16. The summed E-state index contributed by atoms with van der Waals surface area (Å²) in [6, 6.07) is 0. The lowest BCUT2D eigenvalue weighted by atomic mass is 9.97. The van der Waals surface area contributed by atoms with E-state index in [0.717, 1.165) is 12.8 Å². The summed E-state index contributed by atoms with van der Waals surface area (Å²) in [6.45, 7) is 3.94. The molecule has 2 nitrogen and oxygen atoms in total. The van der Waals surface area contributed by atoms with E-state index in [0.29, 0.717) is 0 Å². The monoisotopic (exact) mass is 132 g/mol. The summed E-state index contributed by atoms with van der Waals surface area (Å²) in [7, 11) is 0. The highest BCUT2D eigenvalue weighted by molar-refractivity contribution is 4.63. The van der Waals surface area contributed by atoms with Gasteiger partial charge >= 0.3 is 0 Å². The largest absolute Gasteiger partial charge is 0.394 e. The second-order valence-corrected chi connectivity index (χ2v) is 2.33. The molecule has 2 N–H and O–H groups in total. The van der Waals surface area contributed by atoms with E-state index in [1.54, 1.807) is 0 Å². The molecule has 0 aliphatic heterocycles. The Morgan fingerprint density at radius 3 is 1.78 bits per heavy atom. The van der Waals surface area contributed by atoms with Gasteiger partial charge in [-0.2, -0.15) is 0 Å². The van der Waals surface area contributed by atoms with Gasteiger partial charge in [-0.05, 0) is 5.92 Å². The molecule has 0 aromatic rings. The van der Waals surface area contributed by atoms with Crippen molar-refractivity contribution in [2.45, 2.75) is 32.8 Å². The van der Waals surface area contributed by atoms with Crippen LogP contribution in [0.15, 0.2) is 0 Å². The summed E-state index contributed by atoms with van der Waals surface area (Å²) in [5, 5.41) is 17.6. The van der Waals surface area contributed by atoms with Crippen molar-refractivity contribution in [3.8, 4) is 0 Å². The summed E-state index contributed by atoms with van der Waals surface area (Å²) in [5.41, 5.74) is 0. The highest BCUT2D eigenvalue weighted by atomic mass is 16.3. The Kier molecular flexibility index (Phi) is 4.72. The first kappa shape index (κ1) is 8.92. The van der Waals surface area contributed by atoms with Crippen molar-refractivity contribution in [1.29, 1.82) is 0 Å². The molecule has 0 saturated carbocycles. The quantitative estimate of drug-likeness (QED) is 0.593. The predicted molar refractivity (Wildman–Crippen MR) is 37.2 cm³/mol. The van der Waals surface area contributed by atoms with Crippen LogP contribution in [0.25, 0.3) is 0 Å². The molecule has 0 unspecified atom stereocenters. The van der Waals surface area contributed by atoms with E-state index >= 15 is 0 Å². The minimum absolute atomic E-state index is 0.105. The molecule has 0 saturated heterocycles. The molecule has 0 aromatic carbocycles. The molecule has 9 heavy (non-hydrogen) atoms. The van der Waals surface area contributed by atoms with Gasteiger partial charge in [-0.15, -0.1) is 0 Å². The van der Waals surface area contributed by atoms with Crippen LogP contribution in [0.2, 0.25) is 0 Å². The maximum Gasteiger partial charge on any atom is 0.0798 e. The summed E-state index contributed by atoms with van der Waals surface area (Å²) in [5.74, 6) is 0.273. The molecule has 0 fully saturated rings. The van der Waals surface area contributed by atoms with E-state index in [2.05, 4.69) is 0 Å².